The van der Waals surface area contributed by atoms with Crippen LogP contribution in [0.1, 0.15) is 18.0 Å². The largest absolute Gasteiger partial charge is 0.417 e. The molecule has 1 aliphatic heterocycles. The first-order valence-electron chi connectivity index (χ1n) is 7.12. The number of pyridine rings is 1. The molecule has 0 aliphatic carbocycles. The third kappa shape index (κ3) is 1.86. The summed E-state index contributed by atoms with van der Waals surface area (Å²) in [7, 11) is 1.64. The molecule has 0 spiro atoms. The van der Waals surface area contributed by atoms with Gasteiger partial charge < -0.3 is 18.3 Å². The van der Waals surface area contributed by atoms with E-state index in [4.69, 9.17) is 13.9 Å². The SMILES string of the molecule is COC1(c2nnc(-c3ccc4cncn4c3C)o2)CCOC1. The van der Waals surface area contributed by atoms with E-state index < -0.39 is 5.60 Å². The fraction of sp³-hybridized carbons (Fsp3) is 0.400. The average Bonchev–Trinajstić information content (AvgIpc) is 3.27. The zero-order chi connectivity index (χ0) is 15.2. The molecular weight excluding hydrogens is 284 g/mol. The van der Waals surface area contributed by atoms with Crippen LogP contribution >= 0.6 is 0 Å². The molecule has 22 heavy (non-hydrogen) atoms. The molecule has 0 bridgehead atoms. The van der Waals surface area contributed by atoms with Crippen molar-refractivity contribution in [2.45, 2.75) is 18.9 Å². The van der Waals surface area contributed by atoms with Gasteiger partial charge >= 0.3 is 0 Å². The van der Waals surface area contributed by atoms with E-state index in [1.807, 2.05) is 29.7 Å². The van der Waals surface area contributed by atoms with Gasteiger partial charge in [0, 0.05) is 19.2 Å². The van der Waals surface area contributed by atoms with Crippen molar-refractivity contribution in [1.82, 2.24) is 19.6 Å². The second-order valence-corrected chi connectivity index (χ2v) is 5.43. The Hall–Kier alpha value is -2.25. The number of methoxy groups -OCH3 is 1. The fourth-order valence-electron chi connectivity index (χ4n) is 2.83. The van der Waals surface area contributed by atoms with Gasteiger partial charge in [-0.1, -0.05) is 0 Å². The fourth-order valence-corrected chi connectivity index (χ4v) is 2.83. The van der Waals surface area contributed by atoms with Crippen LogP contribution in [0.5, 0.6) is 0 Å². The lowest BCUT2D eigenvalue weighted by molar-refractivity contribution is -0.0407. The van der Waals surface area contributed by atoms with Crippen molar-refractivity contribution in [3.63, 3.8) is 0 Å². The number of nitrogens with zero attached hydrogens (tertiary/aromatic N) is 4. The van der Waals surface area contributed by atoms with Gasteiger partial charge in [0.05, 0.1) is 36.8 Å². The quantitative estimate of drug-likeness (QED) is 0.736. The third-order valence-electron chi connectivity index (χ3n) is 4.26. The zero-order valence-corrected chi connectivity index (χ0v) is 12.4. The molecule has 1 saturated heterocycles. The molecule has 0 N–H and O–H groups in total. The van der Waals surface area contributed by atoms with E-state index in [1.54, 1.807) is 13.4 Å². The Labute approximate surface area is 126 Å². The van der Waals surface area contributed by atoms with Gasteiger partial charge in [-0.3, -0.25) is 0 Å². The van der Waals surface area contributed by atoms with Crippen molar-refractivity contribution >= 4 is 5.52 Å². The number of hydrogen-bond acceptors (Lipinski definition) is 6. The minimum atomic E-state index is -0.627. The lowest BCUT2D eigenvalue weighted by Crippen LogP contribution is -2.29. The van der Waals surface area contributed by atoms with Crippen LogP contribution in [0.2, 0.25) is 0 Å². The molecule has 0 radical (unpaired) electrons. The number of fused-ring (bicyclic) bond motifs is 1. The van der Waals surface area contributed by atoms with E-state index in [-0.39, 0.29) is 0 Å². The van der Waals surface area contributed by atoms with Crippen molar-refractivity contribution in [3.05, 3.63) is 36.2 Å². The smallest absolute Gasteiger partial charge is 0.251 e. The molecule has 7 heteroatoms. The Balaban J connectivity index is 1.78. The molecule has 3 aromatic rings. The highest BCUT2D eigenvalue weighted by atomic mass is 16.6. The molecule has 0 aromatic carbocycles. The molecule has 3 aromatic heterocycles. The van der Waals surface area contributed by atoms with E-state index in [2.05, 4.69) is 15.2 Å². The van der Waals surface area contributed by atoms with Crippen molar-refractivity contribution in [1.29, 1.82) is 0 Å². The van der Waals surface area contributed by atoms with Gasteiger partial charge in [-0.2, -0.15) is 0 Å². The second-order valence-electron chi connectivity index (χ2n) is 5.43. The van der Waals surface area contributed by atoms with E-state index in [1.165, 1.54) is 0 Å². The number of ether oxygens (including phenoxy) is 2. The first-order valence-corrected chi connectivity index (χ1v) is 7.12. The monoisotopic (exact) mass is 300 g/mol. The normalized spacial score (nSPS) is 21.7. The van der Waals surface area contributed by atoms with Gasteiger partial charge in [0.1, 0.15) is 0 Å². The maximum atomic E-state index is 5.89. The van der Waals surface area contributed by atoms with Crippen LogP contribution < -0.4 is 0 Å². The number of hydrogen-bond donors (Lipinski definition) is 0. The molecule has 0 saturated carbocycles. The van der Waals surface area contributed by atoms with Crippen LogP contribution in [0.4, 0.5) is 0 Å². The average molecular weight is 300 g/mol. The predicted molar refractivity (Wildman–Crippen MR) is 77.3 cm³/mol. The lowest BCUT2D eigenvalue weighted by Gasteiger charge is -2.20. The maximum Gasteiger partial charge on any atom is 0.251 e. The van der Waals surface area contributed by atoms with Crippen LogP contribution in [0.15, 0.2) is 29.1 Å². The standard InChI is InChI=1S/C15H16N4O3/c1-10-12(4-3-11-7-16-9-19(10)11)13-17-18-14(22-13)15(20-2)5-6-21-8-15/h3-4,7,9H,5-6,8H2,1-2H3. The van der Waals surface area contributed by atoms with Crippen molar-refractivity contribution < 1.29 is 13.9 Å². The summed E-state index contributed by atoms with van der Waals surface area (Å²) in [4.78, 5) is 4.15. The van der Waals surface area contributed by atoms with Crippen molar-refractivity contribution in [3.8, 4) is 11.5 Å². The minimum Gasteiger partial charge on any atom is -0.417 e. The first kappa shape index (κ1) is 13.4. The Morgan fingerprint density at radius 2 is 2.23 bits per heavy atom. The van der Waals surface area contributed by atoms with Gasteiger partial charge in [-0.25, -0.2) is 4.98 Å². The van der Waals surface area contributed by atoms with Gasteiger partial charge in [0.2, 0.25) is 5.89 Å². The van der Waals surface area contributed by atoms with E-state index in [9.17, 15) is 0 Å². The predicted octanol–water partition coefficient (Wildman–Crippen LogP) is 1.95. The molecule has 1 fully saturated rings. The topological polar surface area (TPSA) is 74.7 Å². The zero-order valence-electron chi connectivity index (χ0n) is 12.4. The Morgan fingerprint density at radius 3 is 3.00 bits per heavy atom. The van der Waals surface area contributed by atoms with Crippen molar-refractivity contribution in [2.75, 3.05) is 20.3 Å². The number of aryl methyl sites for hydroxylation is 1. The molecular formula is C15H16N4O3. The number of imidazole rings is 1. The molecule has 1 atom stereocenters. The van der Waals surface area contributed by atoms with Crippen LogP contribution in [0, 0.1) is 6.92 Å². The summed E-state index contributed by atoms with van der Waals surface area (Å²) in [5, 5.41) is 8.37. The van der Waals surface area contributed by atoms with Crippen molar-refractivity contribution in [2.24, 2.45) is 0 Å². The minimum absolute atomic E-state index is 0.435. The van der Waals surface area contributed by atoms with Gasteiger partial charge in [0.15, 0.2) is 5.60 Å². The highest BCUT2D eigenvalue weighted by molar-refractivity contribution is 5.61. The molecule has 1 aliphatic rings. The summed E-state index contributed by atoms with van der Waals surface area (Å²) >= 11 is 0. The first-order chi connectivity index (χ1) is 10.7. The molecule has 1 unspecified atom stereocenters. The Morgan fingerprint density at radius 1 is 1.32 bits per heavy atom. The maximum absolute atomic E-state index is 5.89. The highest BCUT2D eigenvalue weighted by Crippen LogP contribution is 2.34. The van der Waals surface area contributed by atoms with E-state index in [0.717, 1.165) is 16.8 Å². The summed E-state index contributed by atoms with van der Waals surface area (Å²) in [6.07, 6.45) is 4.30. The summed E-state index contributed by atoms with van der Waals surface area (Å²) in [5.74, 6) is 0.944. The highest BCUT2D eigenvalue weighted by Gasteiger charge is 2.42. The molecule has 0 amide bonds. The summed E-state index contributed by atoms with van der Waals surface area (Å²) < 4.78 is 18.9. The van der Waals surface area contributed by atoms with E-state index in [0.29, 0.717) is 31.4 Å². The third-order valence-corrected chi connectivity index (χ3v) is 4.26. The summed E-state index contributed by atoms with van der Waals surface area (Å²) in [5.41, 5.74) is 2.28. The molecule has 4 rings (SSSR count). The lowest BCUT2D eigenvalue weighted by atomic mass is 10.0. The van der Waals surface area contributed by atoms with E-state index >= 15 is 0 Å². The van der Waals surface area contributed by atoms with Gasteiger partial charge in [-0.05, 0) is 19.1 Å². The molecule has 4 heterocycles. The summed E-state index contributed by atoms with van der Waals surface area (Å²) in [6.45, 7) is 3.06. The Kier molecular flexibility index (Phi) is 2.98. The molecule has 7 nitrogen and oxygen atoms in total. The van der Waals surface area contributed by atoms with Crippen LogP contribution in [-0.4, -0.2) is 39.9 Å². The summed E-state index contributed by atoms with van der Waals surface area (Å²) in [6, 6.07) is 3.94. The number of rotatable bonds is 3. The van der Waals surface area contributed by atoms with Crippen LogP contribution in [-0.2, 0) is 15.1 Å². The number of aromatic nitrogens is 4. The molecule has 114 valence electrons. The Bertz CT molecular complexity index is 817. The second kappa shape index (κ2) is 4.89. The van der Waals surface area contributed by atoms with Gasteiger partial charge in [0.25, 0.3) is 5.89 Å². The van der Waals surface area contributed by atoms with Crippen LogP contribution in [0.25, 0.3) is 17.0 Å². The van der Waals surface area contributed by atoms with Gasteiger partial charge in [-0.15, -0.1) is 10.2 Å². The van der Waals surface area contributed by atoms with Crippen LogP contribution in [0.3, 0.4) is 0 Å².